The maximum atomic E-state index is 14.9. The highest BCUT2D eigenvalue weighted by molar-refractivity contribution is 5.90. The van der Waals surface area contributed by atoms with Crippen LogP contribution in [0.2, 0.25) is 0 Å². The lowest BCUT2D eigenvalue weighted by Gasteiger charge is -2.29. The van der Waals surface area contributed by atoms with Gasteiger partial charge in [-0.05, 0) is 68.7 Å². The minimum absolute atomic E-state index is 0.0732. The lowest BCUT2D eigenvalue weighted by atomic mass is 9.82. The predicted octanol–water partition coefficient (Wildman–Crippen LogP) is 7.91. The number of halogens is 6. The Morgan fingerprint density at radius 1 is 0.800 bits per heavy atom. The first-order valence-corrected chi connectivity index (χ1v) is 13.0. The molecule has 0 radical (unpaired) electrons. The molecule has 1 aliphatic carbocycles. The maximum absolute atomic E-state index is 14.9. The van der Waals surface area contributed by atoms with Crippen molar-refractivity contribution < 1.29 is 45.7 Å². The summed E-state index contributed by atoms with van der Waals surface area (Å²) >= 11 is 0. The first-order chi connectivity index (χ1) is 19.1. The van der Waals surface area contributed by atoms with Gasteiger partial charge in [0, 0.05) is 16.7 Å². The van der Waals surface area contributed by atoms with Crippen LogP contribution in [0.1, 0.15) is 79.5 Å². The number of rotatable bonds is 8. The molecule has 1 N–H and O–H groups in total. The summed E-state index contributed by atoms with van der Waals surface area (Å²) in [6.07, 6.45) is -0.302. The maximum Gasteiger partial charge on any atom is 0.341 e. The Morgan fingerprint density at radius 3 is 2.05 bits per heavy atom. The minimum Gasteiger partial charge on any atom is -0.491 e. The zero-order chi connectivity index (χ0) is 29.1. The molecule has 0 heterocycles. The average Bonchev–Trinajstić information content (AvgIpc) is 2.95. The third kappa shape index (κ3) is 5.68. The highest BCUT2D eigenvalue weighted by Crippen LogP contribution is 2.38. The lowest BCUT2D eigenvalue weighted by molar-refractivity contribution is 0.0188. The molecule has 0 saturated heterocycles. The van der Waals surface area contributed by atoms with E-state index in [-0.39, 0.29) is 48.7 Å². The van der Waals surface area contributed by atoms with Crippen LogP contribution in [0, 0.1) is 34.9 Å². The molecular formula is C30H28F6O4. The minimum atomic E-state index is -1.57. The number of aliphatic hydroxyl groups is 1. The zero-order valence-corrected chi connectivity index (χ0v) is 21.9. The van der Waals surface area contributed by atoms with E-state index in [1.165, 1.54) is 12.1 Å². The van der Waals surface area contributed by atoms with Crippen LogP contribution in [-0.4, -0.2) is 23.8 Å². The molecule has 1 atom stereocenters. The summed E-state index contributed by atoms with van der Waals surface area (Å²) in [5.74, 6) is -9.87. The standard InChI is InChI=1S/C30H28F6O4/c1-3-22(37)20-11-9-17(24(31)27(20)34)15-5-7-16(8-6-15)40-30(38)21-12-10-18(25(32)28(21)35)19-13-14-23(39-4-2)29(36)26(19)33/h9-16,22,37H,3-8H2,1-2H3. The third-order valence-electron chi connectivity index (χ3n) is 7.21. The molecule has 4 rings (SSSR count). The molecule has 3 aromatic carbocycles. The van der Waals surface area contributed by atoms with Gasteiger partial charge in [0.15, 0.2) is 34.8 Å². The molecule has 0 aliphatic heterocycles. The van der Waals surface area contributed by atoms with Gasteiger partial charge < -0.3 is 14.6 Å². The van der Waals surface area contributed by atoms with Gasteiger partial charge in [0.1, 0.15) is 6.10 Å². The predicted molar refractivity (Wildman–Crippen MR) is 135 cm³/mol. The second-order valence-corrected chi connectivity index (χ2v) is 9.64. The van der Waals surface area contributed by atoms with Crippen LogP contribution in [0.15, 0.2) is 36.4 Å². The summed E-state index contributed by atoms with van der Waals surface area (Å²) in [5, 5.41) is 9.87. The summed E-state index contributed by atoms with van der Waals surface area (Å²) < 4.78 is 98.0. The fraction of sp³-hybridized carbons (Fsp3) is 0.367. The molecule has 214 valence electrons. The largest absolute Gasteiger partial charge is 0.491 e. The van der Waals surface area contributed by atoms with Gasteiger partial charge in [-0.3, -0.25) is 0 Å². The Labute approximate surface area is 227 Å². The topological polar surface area (TPSA) is 55.8 Å². The Balaban J connectivity index is 1.44. The summed E-state index contributed by atoms with van der Waals surface area (Å²) in [6.45, 7) is 3.29. The molecule has 1 unspecified atom stereocenters. The van der Waals surface area contributed by atoms with Gasteiger partial charge in [-0.25, -0.2) is 26.7 Å². The number of carbonyl (C=O) groups excluding carboxylic acids is 1. The van der Waals surface area contributed by atoms with Gasteiger partial charge in [-0.2, -0.15) is 4.39 Å². The second kappa shape index (κ2) is 12.3. The van der Waals surface area contributed by atoms with Crippen LogP contribution in [0.4, 0.5) is 26.3 Å². The Morgan fingerprint density at radius 2 is 1.43 bits per heavy atom. The van der Waals surface area contributed by atoms with Crippen molar-refractivity contribution in [3.63, 3.8) is 0 Å². The van der Waals surface area contributed by atoms with Gasteiger partial charge in [0.25, 0.3) is 0 Å². The van der Waals surface area contributed by atoms with E-state index in [1.54, 1.807) is 13.8 Å². The molecule has 10 heteroatoms. The molecular weight excluding hydrogens is 538 g/mol. The normalized spacial score (nSPS) is 17.9. The molecule has 0 aromatic heterocycles. The van der Waals surface area contributed by atoms with Crippen LogP contribution in [-0.2, 0) is 4.74 Å². The first-order valence-electron chi connectivity index (χ1n) is 13.0. The molecule has 4 nitrogen and oxygen atoms in total. The molecule has 0 spiro atoms. The number of aliphatic hydroxyl groups excluding tert-OH is 1. The average molecular weight is 567 g/mol. The van der Waals surface area contributed by atoms with Gasteiger partial charge in [-0.1, -0.05) is 25.1 Å². The van der Waals surface area contributed by atoms with Crippen molar-refractivity contribution in [3.8, 4) is 16.9 Å². The van der Waals surface area contributed by atoms with Gasteiger partial charge >= 0.3 is 5.97 Å². The highest BCUT2D eigenvalue weighted by atomic mass is 19.2. The Kier molecular flexibility index (Phi) is 9.08. The molecule has 0 amide bonds. The fourth-order valence-electron chi connectivity index (χ4n) is 5.00. The van der Waals surface area contributed by atoms with Crippen LogP contribution in [0.25, 0.3) is 11.1 Å². The van der Waals surface area contributed by atoms with E-state index in [1.807, 2.05) is 0 Å². The third-order valence-corrected chi connectivity index (χ3v) is 7.21. The fourth-order valence-corrected chi connectivity index (χ4v) is 5.00. The second-order valence-electron chi connectivity index (χ2n) is 9.64. The Bertz CT molecular complexity index is 1400. The van der Waals surface area contributed by atoms with Crippen molar-refractivity contribution in [2.24, 2.45) is 0 Å². The van der Waals surface area contributed by atoms with Crippen molar-refractivity contribution in [1.29, 1.82) is 0 Å². The van der Waals surface area contributed by atoms with E-state index in [9.17, 15) is 36.2 Å². The summed E-state index contributed by atoms with van der Waals surface area (Å²) in [4.78, 5) is 12.6. The van der Waals surface area contributed by atoms with E-state index in [0.717, 1.165) is 24.3 Å². The number of hydrogen-bond acceptors (Lipinski definition) is 4. The number of carbonyl (C=O) groups is 1. The summed E-state index contributed by atoms with van der Waals surface area (Å²) in [6, 6.07) is 6.84. The van der Waals surface area contributed by atoms with Crippen molar-refractivity contribution >= 4 is 5.97 Å². The molecule has 40 heavy (non-hydrogen) atoms. The number of hydrogen-bond donors (Lipinski definition) is 1. The van der Waals surface area contributed by atoms with E-state index in [0.29, 0.717) is 12.8 Å². The van der Waals surface area contributed by atoms with Crippen molar-refractivity contribution in [2.75, 3.05) is 6.61 Å². The molecule has 3 aromatic rings. The van der Waals surface area contributed by atoms with Crippen LogP contribution in [0.5, 0.6) is 5.75 Å². The number of esters is 1. The SMILES string of the molecule is CCOc1ccc(-c2ccc(C(=O)OC3CCC(c4ccc(C(O)CC)c(F)c4F)CC3)c(F)c2F)c(F)c1F. The van der Waals surface area contributed by atoms with E-state index in [2.05, 4.69) is 0 Å². The van der Waals surface area contributed by atoms with Gasteiger partial charge in [-0.15, -0.1) is 0 Å². The highest BCUT2D eigenvalue weighted by Gasteiger charge is 2.30. The molecule has 1 saturated carbocycles. The first kappa shape index (κ1) is 29.5. The number of ether oxygens (including phenoxy) is 2. The van der Waals surface area contributed by atoms with Gasteiger partial charge in [0.05, 0.1) is 18.3 Å². The molecule has 1 fully saturated rings. The van der Waals surface area contributed by atoms with E-state index in [4.69, 9.17) is 9.47 Å². The van der Waals surface area contributed by atoms with E-state index >= 15 is 0 Å². The van der Waals surface area contributed by atoms with Crippen molar-refractivity contribution in [3.05, 3.63) is 88.0 Å². The quantitative estimate of drug-likeness (QED) is 0.222. The van der Waals surface area contributed by atoms with E-state index < -0.39 is 69.8 Å². The zero-order valence-electron chi connectivity index (χ0n) is 21.9. The Hall–Kier alpha value is -3.53. The smallest absolute Gasteiger partial charge is 0.341 e. The lowest BCUT2D eigenvalue weighted by Crippen LogP contribution is -2.25. The summed E-state index contributed by atoms with van der Waals surface area (Å²) in [7, 11) is 0. The van der Waals surface area contributed by atoms with Crippen molar-refractivity contribution in [2.45, 2.75) is 64.1 Å². The monoisotopic (exact) mass is 566 g/mol. The van der Waals surface area contributed by atoms with Crippen LogP contribution < -0.4 is 4.74 Å². The number of benzene rings is 3. The molecule has 1 aliphatic rings. The van der Waals surface area contributed by atoms with Crippen molar-refractivity contribution in [1.82, 2.24) is 0 Å². The van der Waals surface area contributed by atoms with Crippen LogP contribution >= 0.6 is 0 Å². The molecule has 0 bridgehead atoms. The summed E-state index contributed by atoms with van der Waals surface area (Å²) in [5.41, 5.74) is -1.79. The van der Waals surface area contributed by atoms with Crippen LogP contribution in [0.3, 0.4) is 0 Å². The van der Waals surface area contributed by atoms with Gasteiger partial charge in [0.2, 0.25) is 5.82 Å².